The SMILES string of the molecule is C=C(CCCC(C)(C)N)C(=C)C(=C)C(=C)C(=C)C(C)N. The predicted octanol–water partition coefficient (Wildman–Crippen LogP) is 4.02. The lowest BCUT2D eigenvalue weighted by Crippen LogP contribution is -2.31. The highest BCUT2D eigenvalue weighted by Crippen LogP contribution is 2.28. The normalized spacial score (nSPS) is 12.7. The number of hydrogen-bond acceptors (Lipinski definition) is 2. The van der Waals surface area contributed by atoms with E-state index in [-0.39, 0.29) is 11.6 Å². The summed E-state index contributed by atoms with van der Waals surface area (Å²) in [6.45, 7) is 26.0. The van der Waals surface area contributed by atoms with Crippen molar-refractivity contribution < 1.29 is 0 Å². The summed E-state index contributed by atoms with van der Waals surface area (Å²) in [5.74, 6) is 0. The standard InChI is InChI=1S/C18H30N2/c1-12(10-9-11-18(7,8)20)13(2)14(3)15(4)16(5)17(6)19/h17H,1-5,9-11,19-20H2,6-8H3. The first-order valence-corrected chi connectivity index (χ1v) is 6.96. The van der Waals surface area contributed by atoms with Gasteiger partial charge in [-0.2, -0.15) is 0 Å². The van der Waals surface area contributed by atoms with Crippen LogP contribution in [0.4, 0.5) is 0 Å². The highest BCUT2D eigenvalue weighted by Gasteiger charge is 2.14. The first-order chi connectivity index (χ1) is 8.97. The van der Waals surface area contributed by atoms with Gasteiger partial charge in [0.25, 0.3) is 0 Å². The third-order valence-electron chi connectivity index (χ3n) is 3.39. The molecule has 0 rings (SSSR count). The smallest absolute Gasteiger partial charge is 0.0266 e. The lowest BCUT2D eigenvalue weighted by atomic mass is 9.88. The van der Waals surface area contributed by atoms with Gasteiger partial charge in [0.05, 0.1) is 0 Å². The fourth-order valence-electron chi connectivity index (χ4n) is 1.77. The molecule has 0 heterocycles. The molecule has 0 saturated carbocycles. The number of hydrogen-bond donors (Lipinski definition) is 2. The molecular formula is C18H30N2. The molecule has 0 amide bonds. The van der Waals surface area contributed by atoms with Crippen molar-refractivity contribution in [1.82, 2.24) is 0 Å². The Morgan fingerprint density at radius 1 is 1.00 bits per heavy atom. The molecule has 2 nitrogen and oxygen atoms in total. The van der Waals surface area contributed by atoms with E-state index in [1.807, 2.05) is 20.8 Å². The van der Waals surface area contributed by atoms with Gasteiger partial charge in [0.2, 0.25) is 0 Å². The number of allylic oxidation sites excluding steroid dienone is 3. The second kappa shape index (κ2) is 7.41. The average Bonchev–Trinajstić information content (AvgIpc) is 2.33. The van der Waals surface area contributed by atoms with Gasteiger partial charge in [0.1, 0.15) is 0 Å². The van der Waals surface area contributed by atoms with Crippen LogP contribution in [0.25, 0.3) is 0 Å². The van der Waals surface area contributed by atoms with Gasteiger partial charge in [-0.3, -0.25) is 0 Å². The molecule has 0 aromatic rings. The minimum atomic E-state index is -0.147. The van der Waals surface area contributed by atoms with Gasteiger partial charge >= 0.3 is 0 Å². The van der Waals surface area contributed by atoms with E-state index in [4.69, 9.17) is 11.5 Å². The molecule has 0 saturated heterocycles. The van der Waals surface area contributed by atoms with Gasteiger partial charge in [0.15, 0.2) is 0 Å². The summed E-state index contributed by atoms with van der Waals surface area (Å²) >= 11 is 0. The van der Waals surface area contributed by atoms with E-state index in [9.17, 15) is 0 Å². The zero-order valence-electron chi connectivity index (χ0n) is 13.4. The van der Waals surface area contributed by atoms with E-state index in [1.54, 1.807) is 0 Å². The molecule has 0 bridgehead atoms. The Hall–Kier alpha value is -1.38. The Labute approximate surface area is 124 Å². The minimum Gasteiger partial charge on any atom is -0.326 e. The van der Waals surface area contributed by atoms with Crippen LogP contribution >= 0.6 is 0 Å². The van der Waals surface area contributed by atoms with Crippen LogP contribution in [0.3, 0.4) is 0 Å². The lowest BCUT2D eigenvalue weighted by molar-refractivity contribution is 0.459. The summed E-state index contributed by atoms with van der Waals surface area (Å²) in [6, 6.07) is -0.140. The van der Waals surface area contributed by atoms with E-state index in [0.29, 0.717) is 0 Å². The average molecular weight is 274 g/mol. The molecule has 0 radical (unpaired) electrons. The van der Waals surface area contributed by atoms with Gasteiger partial charge < -0.3 is 11.5 Å². The van der Waals surface area contributed by atoms with Crippen LogP contribution in [0.1, 0.15) is 40.0 Å². The van der Waals surface area contributed by atoms with E-state index in [1.165, 1.54) is 0 Å². The highest BCUT2D eigenvalue weighted by molar-refractivity contribution is 5.58. The first kappa shape index (κ1) is 18.6. The van der Waals surface area contributed by atoms with Gasteiger partial charge in [-0.1, -0.05) is 32.9 Å². The quantitative estimate of drug-likeness (QED) is 0.624. The van der Waals surface area contributed by atoms with Gasteiger partial charge in [-0.15, -0.1) is 0 Å². The predicted molar refractivity (Wildman–Crippen MR) is 91.5 cm³/mol. The van der Waals surface area contributed by atoms with Crippen LogP contribution in [0, 0.1) is 0 Å². The molecule has 0 aliphatic rings. The molecule has 0 spiro atoms. The summed E-state index contributed by atoms with van der Waals surface area (Å²) in [4.78, 5) is 0. The lowest BCUT2D eigenvalue weighted by Gasteiger charge is -2.20. The summed E-state index contributed by atoms with van der Waals surface area (Å²) in [5.41, 5.74) is 15.7. The summed E-state index contributed by atoms with van der Waals surface area (Å²) in [6.07, 6.45) is 2.78. The Bertz CT molecular complexity index is 431. The molecule has 20 heavy (non-hydrogen) atoms. The Morgan fingerprint density at radius 3 is 1.90 bits per heavy atom. The first-order valence-electron chi connectivity index (χ1n) is 6.96. The van der Waals surface area contributed by atoms with Crippen molar-refractivity contribution in [3.05, 3.63) is 60.8 Å². The zero-order valence-corrected chi connectivity index (χ0v) is 13.4. The number of nitrogens with two attached hydrogens (primary N) is 2. The maximum atomic E-state index is 5.97. The Kier molecular flexibility index (Phi) is 6.90. The van der Waals surface area contributed by atoms with Gasteiger partial charge in [-0.05, 0) is 67.9 Å². The van der Waals surface area contributed by atoms with Crippen LogP contribution in [0.15, 0.2) is 60.8 Å². The second-order valence-electron chi connectivity index (χ2n) is 6.20. The largest absolute Gasteiger partial charge is 0.326 e. The van der Waals surface area contributed by atoms with E-state index < -0.39 is 0 Å². The molecule has 0 fully saturated rings. The zero-order chi connectivity index (χ0) is 16.1. The van der Waals surface area contributed by atoms with Crippen LogP contribution in [0.2, 0.25) is 0 Å². The van der Waals surface area contributed by atoms with E-state index >= 15 is 0 Å². The maximum Gasteiger partial charge on any atom is 0.0266 e. The van der Waals surface area contributed by atoms with Crippen molar-refractivity contribution in [1.29, 1.82) is 0 Å². The van der Waals surface area contributed by atoms with E-state index in [2.05, 4.69) is 32.9 Å². The number of rotatable bonds is 9. The van der Waals surface area contributed by atoms with Gasteiger partial charge in [-0.25, -0.2) is 0 Å². The van der Waals surface area contributed by atoms with E-state index in [0.717, 1.165) is 47.1 Å². The molecule has 0 aromatic heterocycles. The van der Waals surface area contributed by atoms with Crippen molar-refractivity contribution in [3.63, 3.8) is 0 Å². The summed E-state index contributed by atoms with van der Waals surface area (Å²) in [7, 11) is 0. The van der Waals surface area contributed by atoms with Crippen molar-refractivity contribution in [3.8, 4) is 0 Å². The van der Waals surface area contributed by atoms with Crippen molar-refractivity contribution in [2.24, 2.45) is 11.5 Å². The summed E-state index contributed by atoms with van der Waals surface area (Å²) in [5, 5.41) is 0. The molecular weight excluding hydrogens is 244 g/mol. The van der Waals surface area contributed by atoms with Crippen LogP contribution in [-0.4, -0.2) is 11.6 Å². The minimum absolute atomic E-state index is 0.140. The Balaban J connectivity index is 4.52. The molecule has 0 aliphatic heterocycles. The second-order valence-corrected chi connectivity index (χ2v) is 6.20. The molecule has 1 atom stereocenters. The van der Waals surface area contributed by atoms with Crippen molar-refractivity contribution in [2.75, 3.05) is 0 Å². The molecule has 2 heteroatoms. The van der Waals surface area contributed by atoms with Crippen LogP contribution in [0.5, 0.6) is 0 Å². The van der Waals surface area contributed by atoms with Gasteiger partial charge in [0, 0.05) is 11.6 Å². The molecule has 0 aromatic carbocycles. The van der Waals surface area contributed by atoms with Crippen LogP contribution in [-0.2, 0) is 0 Å². The van der Waals surface area contributed by atoms with Crippen LogP contribution < -0.4 is 11.5 Å². The fourth-order valence-corrected chi connectivity index (χ4v) is 1.77. The maximum absolute atomic E-state index is 5.97. The molecule has 0 aliphatic carbocycles. The third kappa shape index (κ3) is 6.18. The van der Waals surface area contributed by atoms with Crippen molar-refractivity contribution >= 4 is 0 Å². The van der Waals surface area contributed by atoms with Crippen molar-refractivity contribution in [2.45, 2.75) is 51.6 Å². The third-order valence-corrected chi connectivity index (χ3v) is 3.39. The monoisotopic (exact) mass is 274 g/mol. The molecule has 1 unspecified atom stereocenters. The topological polar surface area (TPSA) is 52.0 Å². The molecule has 4 N–H and O–H groups in total. The molecule has 112 valence electrons. The highest BCUT2D eigenvalue weighted by atomic mass is 14.7. The Morgan fingerprint density at radius 2 is 1.50 bits per heavy atom. The fraction of sp³-hybridized carbons (Fsp3) is 0.444. The summed E-state index contributed by atoms with van der Waals surface area (Å²) < 4.78 is 0.